The molecule has 0 saturated heterocycles. The molecule has 0 amide bonds. The first-order valence-electron chi connectivity index (χ1n) is 3.19. The van der Waals surface area contributed by atoms with E-state index in [1.807, 2.05) is 20.3 Å². The van der Waals surface area contributed by atoms with Gasteiger partial charge in [0.1, 0.15) is 5.84 Å². The van der Waals surface area contributed by atoms with E-state index in [9.17, 15) is 0 Å². The third kappa shape index (κ3) is 1.56. The summed E-state index contributed by atoms with van der Waals surface area (Å²) in [6, 6.07) is 0. The van der Waals surface area contributed by atoms with Crippen molar-refractivity contribution in [3.63, 3.8) is 0 Å². The van der Waals surface area contributed by atoms with E-state index in [4.69, 9.17) is 0 Å². The summed E-state index contributed by atoms with van der Waals surface area (Å²) in [6.45, 7) is 0. The fourth-order valence-electron chi connectivity index (χ4n) is 0.829. The Morgan fingerprint density at radius 3 is 2.67 bits per heavy atom. The van der Waals surface area contributed by atoms with Crippen LogP contribution in [0.1, 0.15) is 12.8 Å². The van der Waals surface area contributed by atoms with Gasteiger partial charge in [0.05, 0.1) is 0 Å². The zero-order chi connectivity index (χ0) is 6.69. The SMILES string of the molecule is CN(C)C1=NC=CCC1. The lowest BCUT2D eigenvalue weighted by Gasteiger charge is -2.15. The lowest BCUT2D eigenvalue weighted by atomic mass is 10.2. The average Bonchev–Trinajstić information content (AvgIpc) is 1.90. The molecule has 0 spiro atoms. The van der Waals surface area contributed by atoms with Crippen LogP contribution in [0.3, 0.4) is 0 Å². The highest BCUT2D eigenvalue weighted by molar-refractivity contribution is 5.83. The van der Waals surface area contributed by atoms with Crippen molar-refractivity contribution in [1.82, 2.24) is 4.90 Å². The highest BCUT2D eigenvalue weighted by Crippen LogP contribution is 2.03. The van der Waals surface area contributed by atoms with Crippen LogP contribution >= 0.6 is 0 Å². The van der Waals surface area contributed by atoms with E-state index in [1.165, 1.54) is 5.84 Å². The standard InChI is InChI=1S/C7H12N2/c1-9(2)7-5-3-4-6-8-7/h4,6H,3,5H2,1-2H3. The number of allylic oxidation sites excluding steroid dienone is 1. The normalized spacial score (nSPS) is 17.3. The molecule has 0 atom stereocenters. The van der Waals surface area contributed by atoms with Gasteiger partial charge in [0.15, 0.2) is 0 Å². The van der Waals surface area contributed by atoms with Gasteiger partial charge in [-0.25, -0.2) is 4.99 Å². The van der Waals surface area contributed by atoms with E-state index in [0.29, 0.717) is 0 Å². The quantitative estimate of drug-likeness (QED) is 0.474. The van der Waals surface area contributed by atoms with Crippen LogP contribution < -0.4 is 0 Å². The van der Waals surface area contributed by atoms with Crippen LogP contribution in [-0.2, 0) is 0 Å². The van der Waals surface area contributed by atoms with Crippen LogP contribution in [0, 0.1) is 0 Å². The van der Waals surface area contributed by atoms with Crippen LogP contribution in [0.2, 0.25) is 0 Å². The lowest BCUT2D eigenvalue weighted by molar-refractivity contribution is 0.600. The van der Waals surface area contributed by atoms with Crippen LogP contribution in [0.15, 0.2) is 17.3 Å². The number of hydrogen-bond donors (Lipinski definition) is 0. The summed E-state index contributed by atoms with van der Waals surface area (Å²) >= 11 is 0. The van der Waals surface area contributed by atoms with Crippen molar-refractivity contribution in [3.8, 4) is 0 Å². The van der Waals surface area contributed by atoms with Gasteiger partial charge in [0.2, 0.25) is 0 Å². The number of amidine groups is 1. The lowest BCUT2D eigenvalue weighted by Crippen LogP contribution is -2.22. The Balaban J connectivity index is 2.57. The summed E-state index contributed by atoms with van der Waals surface area (Å²) in [7, 11) is 4.05. The Hall–Kier alpha value is -0.790. The second-order valence-electron chi connectivity index (χ2n) is 2.36. The zero-order valence-corrected chi connectivity index (χ0v) is 5.96. The molecule has 0 fully saturated rings. The summed E-state index contributed by atoms with van der Waals surface area (Å²) in [5.41, 5.74) is 0. The smallest absolute Gasteiger partial charge is 0.104 e. The van der Waals surface area contributed by atoms with Crippen LogP contribution in [0.5, 0.6) is 0 Å². The van der Waals surface area contributed by atoms with Crippen molar-refractivity contribution in [1.29, 1.82) is 0 Å². The van der Waals surface area contributed by atoms with E-state index >= 15 is 0 Å². The van der Waals surface area contributed by atoms with Crippen molar-refractivity contribution in [2.24, 2.45) is 4.99 Å². The van der Waals surface area contributed by atoms with Gasteiger partial charge in [-0.05, 0) is 6.42 Å². The molecule has 1 aliphatic rings. The first-order chi connectivity index (χ1) is 4.30. The van der Waals surface area contributed by atoms with Gasteiger partial charge in [-0.15, -0.1) is 0 Å². The van der Waals surface area contributed by atoms with E-state index in [1.54, 1.807) is 0 Å². The van der Waals surface area contributed by atoms with Crippen molar-refractivity contribution >= 4 is 5.84 Å². The fourth-order valence-corrected chi connectivity index (χ4v) is 0.829. The highest BCUT2D eigenvalue weighted by Gasteiger charge is 2.01. The molecule has 0 saturated carbocycles. The van der Waals surface area contributed by atoms with Crippen molar-refractivity contribution in [3.05, 3.63) is 12.3 Å². The minimum absolute atomic E-state index is 1.09. The Morgan fingerprint density at radius 1 is 1.56 bits per heavy atom. The molecule has 0 unspecified atom stereocenters. The Kier molecular flexibility index (Phi) is 1.88. The van der Waals surface area contributed by atoms with Crippen molar-refractivity contribution in [2.75, 3.05) is 14.1 Å². The number of nitrogens with zero attached hydrogens (tertiary/aromatic N) is 2. The maximum atomic E-state index is 4.19. The van der Waals surface area contributed by atoms with E-state index in [2.05, 4.69) is 16.0 Å². The third-order valence-corrected chi connectivity index (χ3v) is 1.38. The van der Waals surface area contributed by atoms with Gasteiger partial charge in [-0.1, -0.05) is 6.08 Å². The molecule has 0 aromatic heterocycles. The number of hydrogen-bond acceptors (Lipinski definition) is 2. The Bertz CT molecular complexity index is 145. The van der Waals surface area contributed by atoms with Gasteiger partial charge in [0.25, 0.3) is 0 Å². The Morgan fingerprint density at radius 2 is 2.33 bits per heavy atom. The zero-order valence-electron chi connectivity index (χ0n) is 5.96. The third-order valence-electron chi connectivity index (χ3n) is 1.38. The highest BCUT2D eigenvalue weighted by atomic mass is 15.1. The van der Waals surface area contributed by atoms with Gasteiger partial charge < -0.3 is 4.90 Å². The summed E-state index contributed by atoms with van der Waals surface area (Å²) < 4.78 is 0. The minimum atomic E-state index is 1.09. The first-order valence-corrected chi connectivity index (χ1v) is 3.19. The van der Waals surface area contributed by atoms with Crippen LogP contribution in [-0.4, -0.2) is 24.8 Å². The van der Waals surface area contributed by atoms with Gasteiger partial charge in [-0.2, -0.15) is 0 Å². The molecular weight excluding hydrogens is 112 g/mol. The molecule has 1 aliphatic heterocycles. The molecular formula is C7H12N2. The molecule has 9 heavy (non-hydrogen) atoms. The average molecular weight is 124 g/mol. The largest absolute Gasteiger partial charge is 0.366 e. The van der Waals surface area contributed by atoms with E-state index in [0.717, 1.165) is 12.8 Å². The summed E-state index contributed by atoms with van der Waals surface area (Å²) in [6.07, 6.45) is 6.19. The number of aliphatic imine (C=N–C) groups is 1. The van der Waals surface area contributed by atoms with Crippen molar-refractivity contribution in [2.45, 2.75) is 12.8 Å². The molecule has 0 bridgehead atoms. The molecule has 1 rings (SSSR count). The maximum absolute atomic E-state index is 4.19. The molecule has 2 nitrogen and oxygen atoms in total. The van der Waals surface area contributed by atoms with E-state index < -0.39 is 0 Å². The predicted molar refractivity (Wildman–Crippen MR) is 39.5 cm³/mol. The van der Waals surface area contributed by atoms with Crippen LogP contribution in [0.4, 0.5) is 0 Å². The summed E-state index contributed by atoms with van der Waals surface area (Å²) in [4.78, 5) is 6.25. The summed E-state index contributed by atoms with van der Waals surface area (Å²) in [5.74, 6) is 1.18. The molecule has 0 radical (unpaired) electrons. The second kappa shape index (κ2) is 2.67. The first kappa shape index (κ1) is 6.33. The second-order valence-corrected chi connectivity index (χ2v) is 2.36. The molecule has 0 N–H and O–H groups in total. The van der Waals surface area contributed by atoms with Gasteiger partial charge >= 0.3 is 0 Å². The molecule has 50 valence electrons. The van der Waals surface area contributed by atoms with Gasteiger partial charge in [0, 0.05) is 26.7 Å². The van der Waals surface area contributed by atoms with E-state index in [-0.39, 0.29) is 0 Å². The molecule has 1 heterocycles. The predicted octanol–water partition coefficient (Wildman–Crippen LogP) is 1.25. The molecule has 0 aromatic rings. The minimum Gasteiger partial charge on any atom is -0.366 e. The fraction of sp³-hybridized carbons (Fsp3) is 0.571. The molecule has 0 aliphatic carbocycles. The maximum Gasteiger partial charge on any atom is 0.104 e. The van der Waals surface area contributed by atoms with Crippen LogP contribution in [0.25, 0.3) is 0 Å². The summed E-state index contributed by atoms with van der Waals surface area (Å²) in [5, 5.41) is 0. The monoisotopic (exact) mass is 124 g/mol. The van der Waals surface area contributed by atoms with Crippen molar-refractivity contribution < 1.29 is 0 Å². The topological polar surface area (TPSA) is 15.6 Å². The number of rotatable bonds is 0. The van der Waals surface area contributed by atoms with Gasteiger partial charge in [-0.3, -0.25) is 0 Å². The molecule has 2 heteroatoms. The Labute approximate surface area is 55.9 Å². The molecule has 0 aromatic carbocycles.